The van der Waals surface area contributed by atoms with Crippen LogP contribution in [0, 0.1) is 6.92 Å². The van der Waals surface area contributed by atoms with Gasteiger partial charge >= 0.3 is 0 Å². The minimum Gasteiger partial charge on any atom is -0.362 e. The van der Waals surface area contributed by atoms with E-state index in [-0.39, 0.29) is 10.8 Å². The van der Waals surface area contributed by atoms with Gasteiger partial charge in [-0.1, -0.05) is 82.3 Å². The van der Waals surface area contributed by atoms with Crippen molar-refractivity contribution in [3.8, 4) is 44.5 Å². The average Bonchev–Trinajstić information content (AvgIpc) is 3.42. The normalized spacial score (nSPS) is 16.0. The molecule has 2 heterocycles. The molecular formula is C43H36N2. The lowest BCUT2D eigenvalue weighted by atomic mass is 9.78. The molecule has 1 N–H and O–H groups in total. The summed E-state index contributed by atoms with van der Waals surface area (Å²) in [6.07, 6.45) is 7.10. The van der Waals surface area contributed by atoms with Crippen molar-refractivity contribution < 1.29 is 0 Å². The van der Waals surface area contributed by atoms with E-state index in [0.717, 1.165) is 11.9 Å². The molecule has 0 amide bonds. The molecule has 0 saturated carbocycles. The lowest BCUT2D eigenvalue weighted by Gasteiger charge is -2.25. The summed E-state index contributed by atoms with van der Waals surface area (Å²) in [5, 5.41) is 4.64. The highest BCUT2D eigenvalue weighted by atomic mass is 14.8. The summed E-state index contributed by atoms with van der Waals surface area (Å²) in [4.78, 5) is 4.63. The Morgan fingerprint density at radius 2 is 1.36 bits per heavy atom. The Morgan fingerprint density at radius 1 is 0.622 bits per heavy atom. The first-order chi connectivity index (χ1) is 21.7. The van der Waals surface area contributed by atoms with Crippen LogP contribution in [0.1, 0.15) is 61.1 Å². The first-order valence-electron chi connectivity index (χ1n) is 16.1. The number of nitrogens with zero attached hydrogens (tertiary/aromatic N) is 1. The summed E-state index contributed by atoms with van der Waals surface area (Å²) in [5.74, 6) is 0. The van der Waals surface area contributed by atoms with Crippen LogP contribution in [0.25, 0.3) is 55.4 Å². The molecule has 0 radical (unpaired) electrons. The molecule has 218 valence electrons. The lowest BCUT2D eigenvalue weighted by molar-refractivity contribution is 0.652. The van der Waals surface area contributed by atoms with Gasteiger partial charge in [0.1, 0.15) is 0 Å². The van der Waals surface area contributed by atoms with Gasteiger partial charge in [0.25, 0.3) is 0 Å². The molecule has 1 aromatic heterocycles. The molecule has 3 aliphatic rings. The van der Waals surface area contributed by atoms with Crippen LogP contribution in [0.2, 0.25) is 0 Å². The van der Waals surface area contributed by atoms with Gasteiger partial charge in [0.05, 0.1) is 5.52 Å². The highest BCUT2D eigenvalue weighted by Crippen LogP contribution is 2.57. The Hall–Kier alpha value is -4.95. The summed E-state index contributed by atoms with van der Waals surface area (Å²) in [7, 11) is 0. The molecule has 9 rings (SSSR count). The van der Waals surface area contributed by atoms with Crippen molar-refractivity contribution in [3.05, 3.63) is 143 Å². The van der Waals surface area contributed by atoms with Crippen LogP contribution in [0.4, 0.5) is 5.69 Å². The molecule has 2 heteroatoms. The van der Waals surface area contributed by atoms with Crippen LogP contribution in [0.15, 0.2) is 109 Å². The van der Waals surface area contributed by atoms with Crippen molar-refractivity contribution in [1.29, 1.82) is 0 Å². The number of pyridine rings is 1. The Kier molecular flexibility index (Phi) is 5.32. The molecule has 2 aliphatic carbocycles. The van der Waals surface area contributed by atoms with E-state index in [4.69, 9.17) is 0 Å². The lowest BCUT2D eigenvalue weighted by Crippen LogP contribution is -2.17. The highest BCUT2D eigenvalue weighted by molar-refractivity contribution is 5.97. The number of aryl methyl sites for hydroxylation is 1. The van der Waals surface area contributed by atoms with Gasteiger partial charge in [-0.05, 0) is 140 Å². The maximum atomic E-state index is 4.63. The van der Waals surface area contributed by atoms with E-state index < -0.39 is 0 Å². The van der Waals surface area contributed by atoms with Crippen LogP contribution < -0.4 is 5.32 Å². The molecule has 0 fully saturated rings. The summed E-state index contributed by atoms with van der Waals surface area (Å²) in [6, 6.07) is 34.4. The van der Waals surface area contributed by atoms with Crippen molar-refractivity contribution in [3.63, 3.8) is 0 Å². The SMILES string of the molecule is Cc1cc(-c2cccc3ncccc23)cc2c1-c1cc3c(cc1C2(C)C)-c1ccc(-c2cccc4c2CC=CN4)cc1C3(C)C. The zero-order valence-corrected chi connectivity index (χ0v) is 26.5. The molecular weight excluding hydrogens is 544 g/mol. The van der Waals surface area contributed by atoms with E-state index in [1.807, 2.05) is 12.3 Å². The van der Waals surface area contributed by atoms with Crippen molar-refractivity contribution >= 4 is 16.6 Å². The van der Waals surface area contributed by atoms with Crippen molar-refractivity contribution in [2.45, 2.75) is 51.9 Å². The monoisotopic (exact) mass is 580 g/mol. The fourth-order valence-corrected chi connectivity index (χ4v) is 8.50. The molecule has 0 bridgehead atoms. The predicted molar refractivity (Wildman–Crippen MR) is 189 cm³/mol. The topological polar surface area (TPSA) is 24.9 Å². The second-order valence-corrected chi connectivity index (χ2v) is 14.1. The molecule has 2 nitrogen and oxygen atoms in total. The quantitative estimate of drug-likeness (QED) is 0.220. The van der Waals surface area contributed by atoms with Gasteiger partial charge in [-0.15, -0.1) is 0 Å². The van der Waals surface area contributed by atoms with E-state index in [9.17, 15) is 0 Å². The fourth-order valence-electron chi connectivity index (χ4n) is 8.50. The largest absolute Gasteiger partial charge is 0.362 e. The van der Waals surface area contributed by atoms with Crippen LogP contribution >= 0.6 is 0 Å². The van der Waals surface area contributed by atoms with Gasteiger partial charge in [-0.3, -0.25) is 4.98 Å². The third-order valence-corrected chi connectivity index (χ3v) is 10.9. The van der Waals surface area contributed by atoms with E-state index in [1.54, 1.807) is 0 Å². The van der Waals surface area contributed by atoms with Gasteiger partial charge in [-0.2, -0.15) is 0 Å². The van der Waals surface area contributed by atoms with E-state index in [1.165, 1.54) is 89.0 Å². The Bertz CT molecular complexity index is 2280. The van der Waals surface area contributed by atoms with Gasteiger partial charge in [0, 0.05) is 28.1 Å². The van der Waals surface area contributed by atoms with Crippen LogP contribution in [0.5, 0.6) is 0 Å². The third-order valence-electron chi connectivity index (χ3n) is 10.9. The van der Waals surface area contributed by atoms with E-state index in [2.05, 4.69) is 142 Å². The Labute approximate surface area is 265 Å². The summed E-state index contributed by atoms with van der Waals surface area (Å²) in [6.45, 7) is 11.9. The number of hydrogen-bond acceptors (Lipinski definition) is 2. The van der Waals surface area contributed by atoms with Gasteiger partial charge in [-0.25, -0.2) is 0 Å². The summed E-state index contributed by atoms with van der Waals surface area (Å²) in [5.41, 5.74) is 21.2. The number of allylic oxidation sites excluding steroid dienone is 1. The minimum atomic E-state index is -0.111. The fraction of sp³-hybridized carbons (Fsp3) is 0.186. The second kappa shape index (κ2) is 9.05. The third kappa shape index (κ3) is 3.60. The van der Waals surface area contributed by atoms with Crippen LogP contribution in [-0.4, -0.2) is 4.98 Å². The number of anilines is 1. The maximum Gasteiger partial charge on any atom is 0.0708 e. The van der Waals surface area contributed by atoms with Crippen molar-refractivity contribution in [2.24, 2.45) is 0 Å². The summed E-state index contributed by atoms with van der Waals surface area (Å²) >= 11 is 0. The minimum absolute atomic E-state index is 0.0978. The number of benzene rings is 5. The molecule has 5 aromatic carbocycles. The molecule has 45 heavy (non-hydrogen) atoms. The molecule has 0 unspecified atom stereocenters. The molecule has 0 atom stereocenters. The maximum absolute atomic E-state index is 4.63. The zero-order chi connectivity index (χ0) is 30.7. The van der Waals surface area contributed by atoms with Gasteiger partial charge < -0.3 is 5.32 Å². The number of aromatic nitrogens is 1. The average molecular weight is 581 g/mol. The standard InChI is InChI=1S/C43H36N2/c1-25-20-27(29-11-7-15-40-32(29)13-9-19-45-40)22-38-41(25)34-24-36-33(23-37(34)43(38,4)5)30-17-16-26(21-35(30)42(36,2)3)28-10-6-14-39-31(28)12-8-18-44-39/h6-11,13-24,44H,12H2,1-5H3. The van der Waals surface area contributed by atoms with Gasteiger partial charge in [0.15, 0.2) is 0 Å². The zero-order valence-electron chi connectivity index (χ0n) is 26.5. The molecule has 1 aliphatic heterocycles. The van der Waals surface area contributed by atoms with Crippen molar-refractivity contribution in [1.82, 2.24) is 4.98 Å². The molecule has 0 saturated heterocycles. The highest BCUT2D eigenvalue weighted by Gasteiger charge is 2.42. The van der Waals surface area contributed by atoms with E-state index in [0.29, 0.717) is 0 Å². The number of nitrogens with one attached hydrogen (secondary N) is 1. The number of hydrogen-bond donors (Lipinski definition) is 1. The first kappa shape index (κ1) is 26.5. The first-order valence-corrected chi connectivity index (χ1v) is 16.1. The second-order valence-electron chi connectivity index (χ2n) is 14.1. The van der Waals surface area contributed by atoms with Gasteiger partial charge in [0.2, 0.25) is 0 Å². The number of fused-ring (bicyclic) bond motifs is 8. The molecule has 0 spiro atoms. The predicted octanol–water partition coefficient (Wildman–Crippen LogP) is 11.0. The van der Waals surface area contributed by atoms with Crippen LogP contribution in [0.3, 0.4) is 0 Å². The molecule has 6 aromatic rings. The van der Waals surface area contributed by atoms with E-state index >= 15 is 0 Å². The van der Waals surface area contributed by atoms with Crippen LogP contribution in [-0.2, 0) is 17.3 Å². The van der Waals surface area contributed by atoms with Crippen molar-refractivity contribution in [2.75, 3.05) is 5.32 Å². The Balaban J connectivity index is 1.19. The Morgan fingerprint density at radius 3 is 2.24 bits per heavy atom. The smallest absolute Gasteiger partial charge is 0.0708 e. The summed E-state index contributed by atoms with van der Waals surface area (Å²) < 4.78 is 0. The number of rotatable bonds is 2.